The molecule has 2 atom stereocenters. The zero-order chi connectivity index (χ0) is 12.1. The molecule has 2 rings (SSSR count). The molecule has 0 radical (unpaired) electrons. The standard InChI is InChI=1S/C13H24N2O2/c1-2-3-6-12-13(16)15(10-14-12)8-11-5-4-7-17-9-11/h11-12,14H,2-10H2,1H3. The SMILES string of the molecule is CCCCC1NCN(CC2CCCOC2)C1=O. The fraction of sp³-hybridized carbons (Fsp3) is 0.923. The van der Waals surface area contributed by atoms with Gasteiger partial charge in [0.05, 0.1) is 19.3 Å². The molecule has 0 spiro atoms. The van der Waals surface area contributed by atoms with Crippen molar-refractivity contribution in [3.63, 3.8) is 0 Å². The van der Waals surface area contributed by atoms with Crippen LogP contribution in [-0.4, -0.2) is 43.3 Å². The van der Waals surface area contributed by atoms with E-state index in [9.17, 15) is 4.79 Å². The van der Waals surface area contributed by atoms with Crippen LogP contribution in [0.2, 0.25) is 0 Å². The lowest BCUT2D eigenvalue weighted by Gasteiger charge is -2.26. The number of nitrogens with one attached hydrogen (secondary N) is 1. The zero-order valence-corrected chi connectivity index (χ0v) is 10.8. The maximum absolute atomic E-state index is 12.1. The molecule has 0 aromatic heterocycles. The summed E-state index contributed by atoms with van der Waals surface area (Å²) in [4.78, 5) is 14.1. The first-order chi connectivity index (χ1) is 8.31. The first-order valence-electron chi connectivity index (χ1n) is 6.91. The number of ether oxygens (including phenoxy) is 1. The molecular formula is C13H24N2O2. The Labute approximate surface area is 104 Å². The van der Waals surface area contributed by atoms with Crippen LogP contribution in [0.4, 0.5) is 0 Å². The van der Waals surface area contributed by atoms with E-state index in [4.69, 9.17) is 4.74 Å². The van der Waals surface area contributed by atoms with E-state index in [1.165, 1.54) is 6.42 Å². The van der Waals surface area contributed by atoms with Crippen molar-refractivity contribution in [1.82, 2.24) is 10.2 Å². The van der Waals surface area contributed by atoms with Gasteiger partial charge < -0.3 is 9.64 Å². The minimum atomic E-state index is 0.0689. The minimum absolute atomic E-state index is 0.0689. The predicted molar refractivity (Wildman–Crippen MR) is 66.6 cm³/mol. The molecule has 2 fully saturated rings. The molecule has 0 aromatic rings. The fourth-order valence-electron chi connectivity index (χ4n) is 2.66. The molecule has 2 heterocycles. The first kappa shape index (κ1) is 12.8. The van der Waals surface area contributed by atoms with Gasteiger partial charge in [0.1, 0.15) is 0 Å². The van der Waals surface area contributed by atoms with Crippen molar-refractivity contribution in [2.45, 2.75) is 45.1 Å². The van der Waals surface area contributed by atoms with E-state index in [0.29, 0.717) is 11.8 Å². The summed E-state index contributed by atoms with van der Waals surface area (Å²) in [5, 5.41) is 3.32. The molecule has 4 heteroatoms. The largest absolute Gasteiger partial charge is 0.381 e. The molecule has 2 aliphatic rings. The maximum Gasteiger partial charge on any atom is 0.240 e. The van der Waals surface area contributed by atoms with E-state index in [1.54, 1.807) is 0 Å². The molecule has 0 aromatic carbocycles. The van der Waals surface area contributed by atoms with Gasteiger partial charge in [0, 0.05) is 19.1 Å². The molecule has 0 saturated carbocycles. The molecule has 1 N–H and O–H groups in total. The third-order valence-electron chi connectivity index (χ3n) is 3.72. The molecule has 2 aliphatic heterocycles. The van der Waals surface area contributed by atoms with Crippen LogP contribution in [0, 0.1) is 5.92 Å². The lowest BCUT2D eigenvalue weighted by molar-refractivity contribution is -0.130. The zero-order valence-electron chi connectivity index (χ0n) is 10.8. The van der Waals surface area contributed by atoms with Crippen molar-refractivity contribution in [2.75, 3.05) is 26.4 Å². The van der Waals surface area contributed by atoms with Crippen LogP contribution < -0.4 is 5.32 Å². The number of nitrogens with zero attached hydrogens (tertiary/aromatic N) is 1. The molecule has 0 bridgehead atoms. The smallest absolute Gasteiger partial charge is 0.240 e. The molecule has 0 aliphatic carbocycles. The third kappa shape index (κ3) is 3.42. The van der Waals surface area contributed by atoms with E-state index in [2.05, 4.69) is 12.2 Å². The Morgan fingerprint density at radius 3 is 3.12 bits per heavy atom. The monoisotopic (exact) mass is 240 g/mol. The lowest BCUT2D eigenvalue weighted by atomic mass is 10.0. The highest BCUT2D eigenvalue weighted by molar-refractivity contribution is 5.83. The van der Waals surface area contributed by atoms with Crippen LogP contribution in [0.1, 0.15) is 39.0 Å². The maximum atomic E-state index is 12.1. The van der Waals surface area contributed by atoms with E-state index >= 15 is 0 Å². The molecule has 17 heavy (non-hydrogen) atoms. The van der Waals surface area contributed by atoms with Crippen molar-refractivity contribution in [3.05, 3.63) is 0 Å². The van der Waals surface area contributed by atoms with E-state index in [0.717, 1.165) is 52.1 Å². The van der Waals surface area contributed by atoms with Gasteiger partial charge in [0.15, 0.2) is 0 Å². The lowest BCUT2D eigenvalue weighted by Crippen LogP contribution is -2.36. The average molecular weight is 240 g/mol. The molecule has 4 nitrogen and oxygen atoms in total. The van der Waals surface area contributed by atoms with Gasteiger partial charge in [-0.15, -0.1) is 0 Å². The number of hydrogen-bond donors (Lipinski definition) is 1. The summed E-state index contributed by atoms with van der Waals surface area (Å²) in [7, 11) is 0. The highest BCUT2D eigenvalue weighted by atomic mass is 16.5. The van der Waals surface area contributed by atoms with Crippen LogP contribution >= 0.6 is 0 Å². The Hall–Kier alpha value is -0.610. The van der Waals surface area contributed by atoms with Crippen molar-refractivity contribution >= 4 is 5.91 Å². The molecule has 2 unspecified atom stereocenters. The Kier molecular flexibility index (Phi) is 4.80. The van der Waals surface area contributed by atoms with Gasteiger partial charge in [-0.25, -0.2) is 0 Å². The molecule has 98 valence electrons. The Morgan fingerprint density at radius 1 is 1.53 bits per heavy atom. The number of carbonyl (C=O) groups is 1. The normalized spacial score (nSPS) is 29.9. The Balaban J connectivity index is 1.76. The van der Waals surface area contributed by atoms with Crippen LogP contribution in [-0.2, 0) is 9.53 Å². The Bertz CT molecular complexity index is 252. The molecular weight excluding hydrogens is 216 g/mol. The van der Waals surface area contributed by atoms with Gasteiger partial charge in [-0.05, 0) is 19.3 Å². The summed E-state index contributed by atoms with van der Waals surface area (Å²) >= 11 is 0. The van der Waals surface area contributed by atoms with E-state index in [-0.39, 0.29) is 6.04 Å². The van der Waals surface area contributed by atoms with Crippen molar-refractivity contribution in [3.8, 4) is 0 Å². The van der Waals surface area contributed by atoms with Crippen molar-refractivity contribution < 1.29 is 9.53 Å². The van der Waals surface area contributed by atoms with Gasteiger partial charge in [0.2, 0.25) is 5.91 Å². The number of rotatable bonds is 5. The number of hydrogen-bond acceptors (Lipinski definition) is 3. The van der Waals surface area contributed by atoms with Crippen molar-refractivity contribution in [1.29, 1.82) is 0 Å². The van der Waals surface area contributed by atoms with Gasteiger partial charge >= 0.3 is 0 Å². The summed E-state index contributed by atoms with van der Waals surface area (Å²) in [6.07, 6.45) is 5.60. The van der Waals surface area contributed by atoms with Crippen LogP contribution in [0.25, 0.3) is 0 Å². The quantitative estimate of drug-likeness (QED) is 0.789. The second kappa shape index (κ2) is 6.36. The fourth-order valence-corrected chi connectivity index (χ4v) is 2.66. The predicted octanol–water partition coefficient (Wildman–Crippen LogP) is 1.36. The minimum Gasteiger partial charge on any atom is -0.381 e. The third-order valence-corrected chi connectivity index (χ3v) is 3.72. The van der Waals surface area contributed by atoms with Crippen molar-refractivity contribution in [2.24, 2.45) is 5.92 Å². The van der Waals surface area contributed by atoms with Crippen LogP contribution in [0.3, 0.4) is 0 Å². The number of carbonyl (C=O) groups excluding carboxylic acids is 1. The van der Waals surface area contributed by atoms with Gasteiger partial charge in [-0.2, -0.15) is 0 Å². The summed E-state index contributed by atoms with van der Waals surface area (Å²) < 4.78 is 5.46. The van der Waals surface area contributed by atoms with Gasteiger partial charge in [-0.3, -0.25) is 10.1 Å². The number of unbranched alkanes of at least 4 members (excludes halogenated alkanes) is 1. The molecule has 2 saturated heterocycles. The summed E-state index contributed by atoms with van der Waals surface area (Å²) in [6, 6.07) is 0.0689. The average Bonchev–Trinajstić information content (AvgIpc) is 2.70. The number of amides is 1. The second-order valence-electron chi connectivity index (χ2n) is 5.20. The highest BCUT2D eigenvalue weighted by Crippen LogP contribution is 2.18. The topological polar surface area (TPSA) is 41.6 Å². The first-order valence-corrected chi connectivity index (χ1v) is 6.91. The summed E-state index contributed by atoms with van der Waals surface area (Å²) in [5.41, 5.74) is 0. The highest BCUT2D eigenvalue weighted by Gasteiger charge is 2.32. The second-order valence-corrected chi connectivity index (χ2v) is 5.20. The Morgan fingerprint density at radius 2 is 2.41 bits per heavy atom. The van der Waals surface area contributed by atoms with Crippen LogP contribution in [0.15, 0.2) is 0 Å². The van der Waals surface area contributed by atoms with E-state index in [1.807, 2.05) is 4.90 Å². The summed E-state index contributed by atoms with van der Waals surface area (Å²) in [5.74, 6) is 0.837. The summed E-state index contributed by atoms with van der Waals surface area (Å²) in [6.45, 7) is 5.47. The molecule has 1 amide bonds. The van der Waals surface area contributed by atoms with Gasteiger partial charge in [0.25, 0.3) is 0 Å². The van der Waals surface area contributed by atoms with Gasteiger partial charge in [-0.1, -0.05) is 19.8 Å². The van der Waals surface area contributed by atoms with Crippen LogP contribution in [0.5, 0.6) is 0 Å². The van der Waals surface area contributed by atoms with E-state index < -0.39 is 0 Å².